The van der Waals surface area contributed by atoms with E-state index in [0.29, 0.717) is 5.56 Å². The molecule has 2 aromatic carbocycles. The molecule has 0 aliphatic rings. The van der Waals surface area contributed by atoms with Crippen LogP contribution in [0.2, 0.25) is 0 Å². The molecule has 184 valence electrons. The average Bonchev–Trinajstić information content (AvgIpc) is 2.74. The summed E-state index contributed by atoms with van der Waals surface area (Å²) in [5, 5.41) is 27.9. The molecule has 0 fully saturated rings. The Kier molecular flexibility index (Phi) is 8.66. The van der Waals surface area contributed by atoms with Crippen molar-refractivity contribution in [3.63, 3.8) is 0 Å². The van der Waals surface area contributed by atoms with Gasteiger partial charge in [-0.1, -0.05) is 26.0 Å². The van der Waals surface area contributed by atoms with Gasteiger partial charge in [-0.15, -0.1) is 0 Å². The normalized spacial score (nSPS) is 11.9. The summed E-state index contributed by atoms with van der Waals surface area (Å²) < 4.78 is 54.1. The van der Waals surface area contributed by atoms with E-state index in [1.54, 1.807) is 25.1 Å². The number of hydrogen-bond acceptors (Lipinski definition) is 7. The quantitative estimate of drug-likeness (QED) is 0.414. The molecular weight excluding hydrogens is 482 g/mol. The van der Waals surface area contributed by atoms with E-state index in [4.69, 9.17) is 10.4 Å². The van der Waals surface area contributed by atoms with Gasteiger partial charge in [-0.2, -0.15) is 5.26 Å². The van der Waals surface area contributed by atoms with Crippen molar-refractivity contribution in [1.29, 1.82) is 5.26 Å². The van der Waals surface area contributed by atoms with Crippen LogP contribution >= 0.6 is 0 Å². The molecule has 3 N–H and O–H groups in total. The summed E-state index contributed by atoms with van der Waals surface area (Å²) >= 11 is 0. The van der Waals surface area contributed by atoms with Crippen LogP contribution in [0.25, 0.3) is 0 Å². The van der Waals surface area contributed by atoms with Gasteiger partial charge in [0.15, 0.2) is 5.75 Å². The highest BCUT2D eigenvalue weighted by molar-refractivity contribution is 7.93. The van der Waals surface area contributed by atoms with Gasteiger partial charge in [0.1, 0.15) is 10.6 Å². The maximum absolute atomic E-state index is 12.7. The largest absolute Gasteiger partial charge is 0.507 e. The number of hydrogen-bond donors (Lipinski definition) is 3. The number of rotatable bonds is 11. The summed E-state index contributed by atoms with van der Waals surface area (Å²) in [6.45, 7) is 5.29. The number of nitrogens with zero attached hydrogens (tertiary/aromatic N) is 2. The summed E-state index contributed by atoms with van der Waals surface area (Å²) in [5.41, 5.74) is 1.68. The van der Waals surface area contributed by atoms with Crippen LogP contribution in [0.4, 0.5) is 5.69 Å². The molecule has 0 aliphatic heterocycles. The number of phenolic OH excluding ortho intramolecular Hbond substituents is 1. The third-order valence-corrected chi connectivity index (χ3v) is 8.27. The molecule has 0 unspecified atom stereocenters. The predicted molar refractivity (Wildman–Crippen MR) is 127 cm³/mol. The maximum atomic E-state index is 12.7. The minimum absolute atomic E-state index is 0.00921. The van der Waals surface area contributed by atoms with Crippen molar-refractivity contribution in [2.45, 2.75) is 38.0 Å². The minimum Gasteiger partial charge on any atom is -0.507 e. The van der Waals surface area contributed by atoms with Gasteiger partial charge in [0.2, 0.25) is 20.0 Å². The van der Waals surface area contributed by atoms with Crippen LogP contribution in [-0.2, 0) is 31.3 Å². The summed E-state index contributed by atoms with van der Waals surface area (Å²) in [6.07, 6.45) is 0.0880. The van der Waals surface area contributed by atoms with Crippen molar-refractivity contribution >= 4 is 31.7 Å². The Morgan fingerprint density at radius 2 is 1.82 bits per heavy atom. The smallest absolute Gasteiger partial charge is 0.320 e. The first-order valence-corrected chi connectivity index (χ1v) is 13.5. The van der Waals surface area contributed by atoms with Crippen LogP contribution in [0, 0.1) is 11.3 Å². The van der Waals surface area contributed by atoms with E-state index < -0.39 is 42.4 Å². The molecule has 0 saturated carbocycles. The second-order valence-corrected chi connectivity index (χ2v) is 11.4. The molecule has 10 nitrogen and oxygen atoms in total. The van der Waals surface area contributed by atoms with Crippen molar-refractivity contribution < 1.29 is 31.8 Å². The van der Waals surface area contributed by atoms with Gasteiger partial charge < -0.3 is 10.2 Å². The Bertz CT molecular complexity index is 1310. The van der Waals surface area contributed by atoms with Gasteiger partial charge in [0.05, 0.1) is 17.3 Å². The lowest BCUT2D eigenvalue weighted by molar-refractivity contribution is -0.134. The number of anilines is 1. The zero-order chi connectivity index (χ0) is 25.7. The van der Waals surface area contributed by atoms with Crippen molar-refractivity contribution in [1.82, 2.24) is 4.72 Å². The number of aromatic hydroxyl groups is 1. The molecule has 0 bridgehead atoms. The second kappa shape index (κ2) is 10.9. The molecule has 0 heterocycles. The van der Waals surface area contributed by atoms with E-state index in [1.165, 1.54) is 6.07 Å². The third-order valence-electron chi connectivity index (χ3n) is 5.04. The summed E-state index contributed by atoms with van der Waals surface area (Å²) in [4.78, 5) is 10.7. The lowest BCUT2D eigenvalue weighted by atomic mass is 9.99. The zero-order valence-electron chi connectivity index (χ0n) is 19.0. The Morgan fingerprint density at radius 1 is 1.15 bits per heavy atom. The Balaban J connectivity index is 2.37. The van der Waals surface area contributed by atoms with Crippen molar-refractivity contribution in [2.24, 2.45) is 0 Å². The molecule has 0 aromatic heterocycles. The molecule has 0 spiro atoms. The van der Waals surface area contributed by atoms with Crippen molar-refractivity contribution in [3.8, 4) is 11.8 Å². The molecule has 0 amide bonds. The minimum atomic E-state index is -4.17. The van der Waals surface area contributed by atoms with Gasteiger partial charge >= 0.3 is 5.97 Å². The highest BCUT2D eigenvalue weighted by Gasteiger charge is 2.27. The number of benzene rings is 2. The summed E-state index contributed by atoms with van der Waals surface area (Å²) in [5.74, 6) is -2.99. The average molecular weight is 510 g/mol. The van der Waals surface area contributed by atoms with Crippen LogP contribution in [0.3, 0.4) is 0 Å². The number of carboxylic acids is 1. The number of nitrogens with one attached hydrogen (secondary N) is 1. The number of aliphatic carboxylic acids is 1. The zero-order valence-corrected chi connectivity index (χ0v) is 20.6. The van der Waals surface area contributed by atoms with E-state index in [2.05, 4.69) is 4.72 Å². The fourth-order valence-electron chi connectivity index (χ4n) is 3.33. The maximum Gasteiger partial charge on any atom is 0.320 e. The van der Waals surface area contributed by atoms with Crippen molar-refractivity contribution in [3.05, 3.63) is 53.1 Å². The number of sulfonamides is 2. The fourth-order valence-corrected chi connectivity index (χ4v) is 5.81. The monoisotopic (exact) mass is 509 g/mol. The van der Waals surface area contributed by atoms with Crippen LogP contribution in [-0.4, -0.2) is 51.9 Å². The van der Waals surface area contributed by atoms with Crippen LogP contribution in [0.15, 0.2) is 41.3 Å². The first-order chi connectivity index (χ1) is 15.8. The second-order valence-electron chi connectivity index (χ2n) is 7.80. The van der Waals surface area contributed by atoms with Crippen LogP contribution < -0.4 is 9.03 Å². The topological polar surface area (TPSA) is 165 Å². The Morgan fingerprint density at radius 3 is 2.38 bits per heavy atom. The van der Waals surface area contributed by atoms with Crippen LogP contribution in [0.5, 0.6) is 5.75 Å². The molecule has 0 aliphatic carbocycles. The van der Waals surface area contributed by atoms with Crippen LogP contribution in [0.1, 0.15) is 43.4 Å². The first kappa shape index (κ1) is 27.1. The number of phenols is 1. The molecular formula is C22H27N3O7S2. The Labute approximate surface area is 199 Å². The van der Waals surface area contributed by atoms with E-state index in [-0.39, 0.29) is 36.7 Å². The highest BCUT2D eigenvalue weighted by atomic mass is 32.2. The number of nitriles is 1. The summed E-state index contributed by atoms with van der Waals surface area (Å²) in [6, 6.07) is 10.4. The molecule has 34 heavy (non-hydrogen) atoms. The summed E-state index contributed by atoms with van der Waals surface area (Å²) in [7, 11) is -8.33. The van der Waals surface area contributed by atoms with Gasteiger partial charge in [-0.25, -0.2) is 21.6 Å². The molecule has 12 heteroatoms. The van der Waals surface area contributed by atoms with E-state index in [0.717, 1.165) is 22.0 Å². The number of carboxylic acid groups (broad SMARTS) is 1. The fraction of sp³-hybridized carbons (Fsp3) is 0.364. The lowest BCUT2D eigenvalue weighted by Crippen LogP contribution is -2.36. The highest BCUT2D eigenvalue weighted by Crippen LogP contribution is 2.29. The van der Waals surface area contributed by atoms with Gasteiger partial charge in [0, 0.05) is 13.1 Å². The third kappa shape index (κ3) is 6.47. The van der Waals surface area contributed by atoms with E-state index in [1.807, 2.05) is 19.9 Å². The van der Waals surface area contributed by atoms with Gasteiger partial charge in [-0.05, 0) is 54.7 Å². The first-order valence-electron chi connectivity index (χ1n) is 10.4. The molecule has 2 rings (SSSR count). The van der Waals surface area contributed by atoms with E-state index in [9.17, 15) is 26.7 Å². The van der Waals surface area contributed by atoms with Gasteiger partial charge in [0.25, 0.3) is 0 Å². The van der Waals surface area contributed by atoms with E-state index >= 15 is 0 Å². The predicted octanol–water partition coefficient (Wildman–Crippen LogP) is 2.15. The van der Waals surface area contributed by atoms with Gasteiger partial charge in [-0.3, -0.25) is 9.10 Å². The molecule has 2 aromatic rings. The SMILES string of the molecule is CCN(c1cc(C(C)C)ccc1CCNS(=O)(=O)c1cc(C#N)ccc1O)S(=O)(=O)CC(=O)O. The van der Waals surface area contributed by atoms with Crippen molar-refractivity contribution in [2.75, 3.05) is 23.1 Å². The number of carbonyl (C=O) groups is 1. The molecule has 0 saturated heterocycles. The Hall–Kier alpha value is -3.14. The molecule has 0 atom stereocenters. The molecule has 0 radical (unpaired) electrons. The standard InChI is InChI=1S/C22H27N3O7S2/c1-4-25(33(29,30)14-22(27)28)19-12-18(15(2)3)7-6-17(19)9-10-24-34(31,32)21-11-16(13-23)5-8-20(21)26/h5-8,11-12,15,24,26H,4,9-10,14H2,1-3H3,(H,27,28). The lowest BCUT2D eigenvalue weighted by Gasteiger charge is -2.26.